The summed E-state index contributed by atoms with van der Waals surface area (Å²) >= 11 is 0. The fourth-order valence-electron chi connectivity index (χ4n) is 4.93. The number of pyridine rings is 1. The molecular weight excluding hydrogens is 426 g/mol. The molecule has 2 aliphatic rings. The number of phenols is 1. The van der Waals surface area contributed by atoms with E-state index in [2.05, 4.69) is 40.3 Å². The first-order chi connectivity index (χ1) is 16.7. The molecule has 0 saturated carbocycles. The van der Waals surface area contributed by atoms with Gasteiger partial charge in [-0.15, -0.1) is 0 Å². The van der Waals surface area contributed by atoms with E-state index in [0.717, 1.165) is 72.9 Å². The van der Waals surface area contributed by atoms with Crippen molar-refractivity contribution in [3.63, 3.8) is 0 Å². The molecule has 1 saturated heterocycles. The van der Waals surface area contributed by atoms with Gasteiger partial charge in [-0.1, -0.05) is 6.92 Å². The van der Waals surface area contributed by atoms with E-state index in [1.165, 1.54) is 22.3 Å². The van der Waals surface area contributed by atoms with Crippen molar-refractivity contribution in [3.05, 3.63) is 71.4 Å². The number of rotatable bonds is 5. The predicted octanol–water partition coefficient (Wildman–Crippen LogP) is 5.54. The Hall–Kier alpha value is -3.64. The third kappa shape index (κ3) is 3.74. The molecule has 172 valence electrons. The highest BCUT2D eigenvalue weighted by atomic mass is 16.5. The molecule has 2 aromatic heterocycles. The van der Waals surface area contributed by atoms with Gasteiger partial charge in [0.1, 0.15) is 17.6 Å². The van der Waals surface area contributed by atoms with E-state index in [1.54, 1.807) is 12.1 Å². The van der Waals surface area contributed by atoms with Gasteiger partial charge in [0.05, 0.1) is 30.3 Å². The van der Waals surface area contributed by atoms with Crippen molar-refractivity contribution in [1.29, 1.82) is 0 Å². The number of aromatic hydroxyl groups is 1. The van der Waals surface area contributed by atoms with Crippen LogP contribution in [0.4, 0.5) is 0 Å². The Labute approximate surface area is 198 Å². The summed E-state index contributed by atoms with van der Waals surface area (Å²) in [4.78, 5) is 4.65. The summed E-state index contributed by atoms with van der Waals surface area (Å²) in [7, 11) is 0. The van der Waals surface area contributed by atoms with Crippen LogP contribution < -0.4 is 4.74 Å². The number of benzene rings is 2. The number of aromatic nitrogens is 3. The lowest BCUT2D eigenvalue weighted by atomic mass is 10.0. The SMILES string of the molecule is CCc1cc2c(cc1OC1CCOCC1)Cc1c(-c3ccc(-c4ccc(O)cc4)nc3)n[nH]c1-2. The van der Waals surface area contributed by atoms with E-state index in [-0.39, 0.29) is 11.9 Å². The lowest BCUT2D eigenvalue weighted by Crippen LogP contribution is -2.26. The third-order valence-electron chi connectivity index (χ3n) is 6.83. The molecule has 0 spiro atoms. The topological polar surface area (TPSA) is 80.3 Å². The van der Waals surface area contributed by atoms with Crippen molar-refractivity contribution < 1.29 is 14.6 Å². The fourth-order valence-corrected chi connectivity index (χ4v) is 4.93. The van der Waals surface area contributed by atoms with Gasteiger partial charge in [-0.25, -0.2) is 0 Å². The van der Waals surface area contributed by atoms with E-state index < -0.39 is 0 Å². The number of fused-ring (bicyclic) bond motifs is 3. The van der Waals surface area contributed by atoms with Crippen LogP contribution in [0.5, 0.6) is 11.5 Å². The summed E-state index contributed by atoms with van der Waals surface area (Å²) in [5.74, 6) is 1.26. The van der Waals surface area contributed by atoms with Gasteiger partial charge in [-0.3, -0.25) is 10.1 Å². The Morgan fingerprint density at radius 2 is 1.85 bits per heavy atom. The third-order valence-corrected chi connectivity index (χ3v) is 6.83. The summed E-state index contributed by atoms with van der Waals surface area (Å²) < 4.78 is 11.9. The van der Waals surface area contributed by atoms with Crippen LogP contribution in [-0.4, -0.2) is 39.6 Å². The molecule has 0 atom stereocenters. The Kier molecular flexibility index (Phi) is 5.30. The van der Waals surface area contributed by atoms with E-state index in [4.69, 9.17) is 9.47 Å². The zero-order valence-electron chi connectivity index (χ0n) is 19.2. The van der Waals surface area contributed by atoms with E-state index in [0.29, 0.717) is 0 Å². The molecule has 1 aliphatic heterocycles. The summed E-state index contributed by atoms with van der Waals surface area (Å²) in [5, 5.41) is 17.5. The van der Waals surface area contributed by atoms with Crippen LogP contribution in [0.3, 0.4) is 0 Å². The van der Waals surface area contributed by atoms with Crippen molar-refractivity contribution >= 4 is 0 Å². The summed E-state index contributed by atoms with van der Waals surface area (Å²) in [5.41, 5.74) is 9.79. The van der Waals surface area contributed by atoms with Gasteiger partial charge < -0.3 is 14.6 Å². The fraction of sp³-hybridized carbons (Fsp3) is 0.286. The molecule has 0 bridgehead atoms. The number of hydrogen-bond donors (Lipinski definition) is 2. The average Bonchev–Trinajstić information content (AvgIpc) is 3.44. The Morgan fingerprint density at radius 3 is 2.59 bits per heavy atom. The monoisotopic (exact) mass is 453 g/mol. The van der Waals surface area contributed by atoms with Crippen molar-refractivity contribution in [1.82, 2.24) is 15.2 Å². The zero-order valence-corrected chi connectivity index (χ0v) is 19.2. The lowest BCUT2D eigenvalue weighted by Gasteiger charge is -2.25. The van der Waals surface area contributed by atoms with Crippen LogP contribution in [-0.2, 0) is 17.6 Å². The van der Waals surface area contributed by atoms with Crippen LogP contribution in [0.25, 0.3) is 33.8 Å². The molecule has 1 aliphatic carbocycles. The van der Waals surface area contributed by atoms with Gasteiger partial charge in [0.25, 0.3) is 0 Å². The van der Waals surface area contributed by atoms with E-state index in [1.807, 2.05) is 24.4 Å². The lowest BCUT2D eigenvalue weighted by molar-refractivity contribution is 0.0252. The first-order valence-corrected chi connectivity index (χ1v) is 11.9. The molecule has 6 nitrogen and oxygen atoms in total. The van der Waals surface area contributed by atoms with Gasteiger partial charge in [0.15, 0.2) is 0 Å². The molecule has 2 N–H and O–H groups in total. The highest BCUT2D eigenvalue weighted by molar-refractivity contribution is 5.82. The summed E-state index contributed by atoms with van der Waals surface area (Å²) in [6, 6.07) is 15.6. The number of ether oxygens (including phenoxy) is 2. The maximum Gasteiger partial charge on any atom is 0.123 e. The average molecular weight is 454 g/mol. The number of aryl methyl sites for hydroxylation is 1. The molecular formula is C28H27N3O3. The minimum Gasteiger partial charge on any atom is -0.508 e. The van der Waals surface area contributed by atoms with Crippen molar-refractivity contribution in [3.8, 4) is 45.3 Å². The molecule has 6 rings (SSSR count). The second kappa shape index (κ2) is 8.61. The van der Waals surface area contributed by atoms with Crippen LogP contribution in [0.2, 0.25) is 0 Å². The van der Waals surface area contributed by atoms with Crippen molar-refractivity contribution in [2.24, 2.45) is 0 Å². The second-order valence-corrected chi connectivity index (χ2v) is 8.98. The number of nitrogens with zero attached hydrogens (tertiary/aromatic N) is 2. The molecule has 1 fully saturated rings. The first-order valence-electron chi connectivity index (χ1n) is 11.9. The van der Waals surface area contributed by atoms with Crippen LogP contribution in [0.1, 0.15) is 36.5 Å². The molecule has 0 radical (unpaired) electrons. The number of phenolic OH excluding ortho intramolecular Hbond substituents is 1. The Bertz CT molecular complexity index is 1320. The minimum atomic E-state index is 0.228. The van der Waals surface area contributed by atoms with E-state index >= 15 is 0 Å². The van der Waals surface area contributed by atoms with Crippen molar-refractivity contribution in [2.45, 2.75) is 38.7 Å². The molecule has 2 aromatic carbocycles. The van der Waals surface area contributed by atoms with Gasteiger partial charge in [-0.05, 0) is 66.1 Å². The van der Waals surface area contributed by atoms with Crippen LogP contribution >= 0.6 is 0 Å². The van der Waals surface area contributed by atoms with Crippen molar-refractivity contribution in [2.75, 3.05) is 13.2 Å². The largest absolute Gasteiger partial charge is 0.508 e. The number of aromatic amines is 1. The summed E-state index contributed by atoms with van der Waals surface area (Å²) in [6.45, 7) is 3.72. The number of nitrogens with one attached hydrogen (secondary N) is 1. The minimum absolute atomic E-state index is 0.228. The molecule has 6 heteroatoms. The number of H-pyrrole nitrogens is 1. The smallest absolute Gasteiger partial charge is 0.123 e. The normalized spacial score (nSPS) is 15.2. The predicted molar refractivity (Wildman–Crippen MR) is 131 cm³/mol. The van der Waals surface area contributed by atoms with Gasteiger partial charge in [0.2, 0.25) is 0 Å². The molecule has 3 heterocycles. The Balaban J connectivity index is 1.28. The standard InChI is InChI=1S/C28H27N3O3/c1-2-17-13-23-20(15-26(17)34-22-9-11-33-12-10-22)14-24-27(30-31-28(23)24)19-5-8-25(29-16-19)18-3-6-21(32)7-4-18/h3-8,13,15-16,22,32H,2,9-12,14H2,1H3,(H,30,31). The quantitative estimate of drug-likeness (QED) is 0.365. The van der Waals surface area contributed by atoms with Crippen LogP contribution in [0.15, 0.2) is 54.7 Å². The molecule has 34 heavy (non-hydrogen) atoms. The Morgan fingerprint density at radius 1 is 1.06 bits per heavy atom. The maximum absolute atomic E-state index is 9.52. The van der Waals surface area contributed by atoms with Crippen LogP contribution in [0, 0.1) is 0 Å². The molecule has 4 aromatic rings. The molecule has 0 unspecified atom stereocenters. The van der Waals surface area contributed by atoms with Gasteiger partial charge in [0, 0.05) is 47.7 Å². The molecule has 0 amide bonds. The number of hydrogen-bond acceptors (Lipinski definition) is 5. The summed E-state index contributed by atoms with van der Waals surface area (Å²) in [6.07, 6.45) is 5.74. The second-order valence-electron chi connectivity index (χ2n) is 8.98. The highest BCUT2D eigenvalue weighted by Gasteiger charge is 2.27. The van der Waals surface area contributed by atoms with Gasteiger partial charge >= 0.3 is 0 Å². The maximum atomic E-state index is 9.52. The highest BCUT2D eigenvalue weighted by Crippen LogP contribution is 2.43. The first kappa shape index (κ1) is 20.9. The van der Waals surface area contributed by atoms with E-state index in [9.17, 15) is 5.11 Å². The van der Waals surface area contributed by atoms with Gasteiger partial charge in [-0.2, -0.15) is 5.10 Å². The zero-order chi connectivity index (χ0) is 23.1.